The van der Waals surface area contributed by atoms with E-state index < -0.39 is 9.84 Å². The minimum Gasteiger partial charge on any atom is -0.383 e. The Bertz CT molecular complexity index is 513. The van der Waals surface area contributed by atoms with Crippen LogP contribution < -0.4 is 5.32 Å². The van der Waals surface area contributed by atoms with Crippen LogP contribution >= 0.6 is 0 Å². The second-order valence-electron chi connectivity index (χ2n) is 4.60. The van der Waals surface area contributed by atoms with Gasteiger partial charge in [-0.3, -0.25) is 0 Å². The molecule has 2 rings (SSSR count). The Kier molecular flexibility index (Phi) is 4.04. The van der Waals surface area contributed by atoms with Crippen molar-refractivity contribution in [2.75, 3.05) is 19.5 Å². The van der Waals surface area contributed by atoms with Crippen LogP contribution in [0.1, 0.15) is 24.9 Å². The quantitative estimate of drug-likeness (QED) is 0.880. The van der Waals surface area contributed by atoms with Crippen molar-refractivity contribution in [1.82, 2.24) is 5.32 Å². The van der Waals surface area contributed by atoms with E-state index in [9.17, 15) is 8.42 Å². The highest BCUT2D eigenvalue weighted by Crippen LogP contribution is 2.33. The topological polar surface area (TPSA) is 55.4 Å². The average Bonchev–Trinajstić information content (AvgIpc) is 2.61. The molecular formula is C13H19NO3S. The fourth-order valence-electron chi connectivity index (χ4n) is 2.36. The predicted octanol–water partition coefficient (Wildman–Crippen LogP) is 1.53. The Morgan fingerprint density at radius 1 is 1.44 bits per heavy atom. The van der Waals surface area contributed by atoms with Gasteiger partial charge in [-0.1, -0.05) is 25.1 Å². The van der Waals surface area contributed by atoms with Gasteiger partial charge in [-0.2, -0.15) is 0 Å². The van der Waals surface area contributed by atoms with Gasteiger partial charge in [-0.05, 0) is 18.1 Å². The first-order valence-electron chi connectivity index (χ1n) is 6.15. The fourth-order valence-corrected chi connectivity index (χ4v) is 4.11. The van der Waals surface area contributed by atoms with E-state index in [2.05, 4.69) is 12.2 Å². The summed E-state index contributed by atoms with van der Waals surface area (Å²) in [5.74, 6) is 0.145. The Morgan fingerprint density at radius 3 is 2.83 bits per heavy atom. The molecule has 1 heterocycles. The number of ether oxygens (including phenoxy) is 1. The second-order valence-corrected chi connectivity index (χ2v) is 6.60. The molecule has 5 heteroatoms. The number of nitrogens with one attached hydrogen (secondary N) is 1. The maximum absolute atomic E-state index is 12.0. The largest absolute Gasteiger partial charge is 0.383 e. The second kappa shape index (κ2) is 5.38. The van der Waals surface area contributed by atoms with Gasteiger partial charge in [0.25, 0.3) is 0 Å². The van der Waals surface area contributed by atoms with Crippen LogP contribution in [0, 0.1) is 0 Å². The number of sulfone groups is 1. The Balaban J connectivity index is 2.22. The molecule has 0 amide bonds. The van der Waals surface area contributed by atoms with Crippen molar-refractivity contribution in [3.63, 3.8) is 0 Å². The first-order valence-corrected chi connectivity index (χ1v) is 7.80. The first kappa shape index (κ1) is 13.5. The van der Waals surface area contributed by atoms with Crippen LogP contribution in [-0.4, -0.2) is 33.9 Å². The van der Waals surface area contributed by atoms with Crippen molar-refractivity contribution in [2.24, 2.45) is 0 Å². The number of rotatable bonds is 5. The predicted molar refractivity (Wildman–Crippen MR) is 70.3 cm³/mol. The highest BCUT2D eigenvalue weighted by atomic mass is 32.2. The van der Waals surface area contributed by atoms with E-state index in [-0.39, 0.29) is 17.8 Å². The summed E-state index contributed by atoms with van der Waals surface area (Å²) in [6, 6.07) is 7.28. The maximum atomic E-state index is 12.0. The van der Waals surface area contributed by atoms with Crippen molar-refractivity contribution in [1.29, 1.82) is 0 Å². The minimum absolute atomic E-state index is 0.119. The average molecular weight is 269 g/mol. The molecular weight excluding hydrogens is 250 g/mol. The van der Waals surface area contributed by atoms with Crippen LogP contribution in [0.5, 0.6) is 0 Å². The molecule has 0 aromatic heterocycles. The molecule has 0 aliphatic carbocycles. The van der Waals surface area contributed by atoms with Crippen LogP contribution in [0.25, 0.3) is 0 Å². The molecule has 1 aromatic carbocycles. The Labute approximate surface area is 108 Å². The zero-order valence-electron chi connectivity index (χ0n) is 10.7. The van der Waals surface area contributed by atoms with Gasteiger partial charge in [0.15, 0.2) is 9.84 Å². The van der Waals surface area contributed by atoms with Crippen molar-refractivity contribution < 1.29 is 13.2 Å². The molecule has 0 saturated heterocycles. The van der Waals surface area contributed by atoms with Gasteiger partial charge < -0.3 is 10.1 Å². The van der Waals surface area contributed by atoms with Crippen LogP contribution in [0.15, 0.2) is 29.2 Å². The van der Waals surface area contributed by atoms with E-state index in [1.807, 2.05) is 12.1 Å². The van der Waals surface area contributed by atoms with Crippen LogP contribution in [0.3, 0.4) is 0 Å². The zero-order valence-corrected chi connectivity index (χ0v) is 11.5. The SMILES string of the molecule is CCC(COC)NC1CS(=O)(=O)c2ccccc21. The maximum Gasteiger partial charge on any atom is 0.180 e. The van der Waals surface area contributed by atoms with Crippen LogP contribution in [-0.2, 0) is 14.6 Å². The summed E-state index contributed by atoms with van der Waals surface area (Å²) in [5, 5.41) is 3.37. The lowest BCUT2D eigenvalue weighted by atomic mass is 10.1. The highest BCUT2D eigenvalue weighted by Gasteiger charge is 2.34. The van der Waals surface area contributed by atoms with Gasteiger partial charge in [-0.25, -0.2) is 8.42 Å². The summed E-state index contributed by atoms with van der Waals surface area (Å²) in [7, 11) is -1.47. The smallest absolute Gasteiger partial charge is 0.180 e. The first-order chi connectivity index (χ1) is 8.58. The summed E-state index contributed by atoms with van der Waals surface area (Å²) in [5.41, 5.74) is 0.882. The van der Waals surface area contributed by atoms with Crippen molar-refractivity contribution in [2.45, 2.75) is 30.3 Å². The lowest BCUT2D eigenvalue weighted by molar-refractivity contribution is 0.160. The number of benzene rings is 1. The molecule has 2 unspecified atom stereocenters. The third-order valence-electron chi connectivity index (χ3n) is 3.31. The molecule has 1 aliphatic rings. The molecule has 0 fully saturated rings. The molecule has 0 saturated carbocycles. The van der Waals surface area contributed by atoms with Crippen molar-refractivity contribution in [3.05, 3.63) is 29.8 Å². The van der Waals surface area contributed by atoms with Gasteiger partial charge in [-0.15, -0.1) is 0 Å². The van der Waals surface area contributed by atoms with E-state index in [4.69, 9.17) is 4.74 Å². The van der Waals surface area contributed by atoms with E-state index in [1.54, 1.807) is 19.2 Å². The lowest BCUT2D eigenvalue weighted by Gasteiger charge is -2.21. The molecule has 0 radical (unpaired) electrons. The molecule has 1 N–H and O–H groups in total. The molecule has 18 heavy (non-hydrogen) atoms. The fraction of sp³-hybridized carbons (Fsp3) is 0.538. The van der Waals surface area contributed by atoms with Crippen LogP contribution in [0.2, 0.25) is 0 Å². The zero-order chi connectivity index (χ0) is 13.2. The van der Waals surface area contributed by atoms with E-state index in [0.29, 0.717) is 11.5 Å². The third kappa shape index (κ3) is 2.58. The standard InChI is InChI=1S/C13H19NO3S/c1-3-10(8-17-2)14-12-9-18(15,16)13-7-5-4-6-11(12)13/h4-7,10,12,14H,3,8-9H2,1-2H3. The highest BCUT2D eigenvalue weighted by molar-refractivity contribution is 7.91. The lowest BCUT2D eigenvalue weighted by Crippen LogP contribution is -2.36. The molecule has 4 nitrogen and oxygen atoms in total. The summed E-state index contributed by atoms with van der Waals surface area (Å²) >= 11 is 0. The van der Waals surface area contributed by atoms with E-state index in [1.165, 1.54) is 0 Å². The monoisotopic (exact) mass is 269 g/mol. The summed E-state index contributed by atoms with van der Waals surface area (Å²) < 4.78 is 29.2. The van der Waals surface area contributed by atoms with E-state index >= 15 is 0 Å². The van der Waals surface area contributed by atoms with Gasteiger partial charge in [0, 0.05) is 19.2 Å². The van der Waals surface area contributed by atoms with Crippen molar-refractivity contribution >= 4 is 9.84 Å². The van der Waals surface area contributed by atoms with Crippen LogP contribution in [0.4, 0.5) is 0 Å². The van der Waals surface area contributed by atoms with Gasteiger partial charge in [0.05, 0.1) is 17.3 Å². The Morgan fingerprint density at radius 2 is 2.17 bits per heavy atom. The van der Waals surface area contributed by atoms with Gasteiger partial charge in [0.2, 0.25) is 0 Å². The van der Waals surface area contributed by atoms with Gasteiger partial charge >= 0.3 is 0 Å². The normalized spacial score (nSPS) is 22.7. The molecule has 0 spiro atoms. The molecule has 0 bridgehead atoms. The number of hydrogen-bond donors (Lipinski definition) is 1. The van der Waals surface area contributed by atoms with Gasteiger partial charge in [0.1, 0.15) is 0 Å². The molecule has 1 aliphatic heterocycles. The molecule has 2 atom stereocenters. The third-order valence-corrected chi connectivity index (χ3v) is 5.13. The summed E-state index contributed by atoms with van der Waals surface area (Å²) in [4.78, 5) is 0.467. The number of methoxy groups -OCH3 is 1. The molecule has 1 aromatic rings. The Hall–Kier alpha value is -0.910. The summed E-state index contributed by atoms with van der Waals surface area (Å²) in [6.45, 7) is 2.65. The van der Waals surface area contributed by atoms with E-state index in [0.717, 1.165) is 12.0 Å². The summed E-state index contributed by atoms with van der Waals surface area (Å²) in [6.07, 6.45) is 0.909. The molecule has 100 valence electrons. The minimum atomic E-state index is -3.13. The number of hydrogen-bond acceptors (Lipinski definition) is 4. The number of fused-ring (bicyclic) bond motifs is 1. The van der Waals surface area contributed by atoms with Crippen molar-refractivity contribution in [3.8, 4) is 0 Å².